The molecule has 2 N–H and O–H groups in total. The third-order valence-electron chi connectivity index (χ3n) is 2.91. The van der Waals surface area contributed by atoms with E-state index < -0.39 is 0 Å². The summed E-state index contributed by atoms with van der Waals surface area (Å²) in [5.41, 5.74) is 6.56. The Balaban J connectivity index is 1.82. The maximum absolute atomic E-state index is 5.71. The van der Waals surface area contributed by atoms with Crippen LogP contribution in [0.5, 0.6) is 11.8 Å². The van der Waals surface area contributed by atoms with Crippen LogP contribution in [0, 0.1) is 0 Å². The number of hydrogen-bond acceptors (Lipinski definition) is 6. The highest BCUT2D eigenvalue weighted by atomic mass is 16.5. The summed E-state index contributed by atoms with van der Waals surface area (Å²) >= 11 is 0. The van der Waals surface area contributed by atoms with E-state index in [0.717, 1.165) is 24.2 Å². The van der Waals surface area contributed by atoms with Crippen LogP contribution in [-0.4, -0.2) is 27.2 Å². The second-order valence-electron chi connectivity index (χ2n) is 5.31. The van der Waals surface area contributed by atoms with E-state index in [4.69, 9.17) is 15.2 Å². The first-order chi connectivity index (χ1) is 10.1. The van der Waals surface area contributed by atoms with Crippen molar-refractivity contribution in [1.82, 2.24) is 15.0 Å². The molecule has 1 fully saturated rings. The average molecular weight is 286 g/mol. The predicted molar refractivity (Wildman–Crippen MR) is 79.1 cm³/mol. The molecule has 1 aromatic heterocycles. The number of nitrogens with zero attached hydrogens (tertiary/aromatic N) is 3. The number of nitrogens with two attached hydrogens (primary N) is 1. The third-order valence-corrected chi connectivity index (χ3v) is 2.91. The number of benzene rings is 1. The van der Waals surface area contributed by atoms with Gasteiger partial charge in [0.15, 0.2) is 5.82 Å². The van der Waals surface area contributed by atoms with Gasteiger partial charge in [-0.05, 0) is 51.0 Å². The number of nitrogen functional groups attached to an aromatic ring is 1. The Bertz CT molecular complexity index is 624. The van der Waals surface area contributed by atoms with Crippen LogP contribution < -0.4 is 15.2 Å². The van der Waals surface area contributed by atoms with Gasteiger partial charge in [-0.15, -0.1) is 0 Å². The van der Waals surface area contributed by atoms with Gasteiger partial charge in [-0.2, -0.15) is 15.0 Å². The Hall–Kier alpha value is -2.37. The van der Waals surface area contributed by atoms with Gasteiger partial charge in [0.05, 0.1) is 12.2 Å². The summed E-state index contributed by atoms with van der Waals surface area (Å²) in [6.45, 7) is 3.81. The molecule has 0 spiro atoms. The average Bonchev–Trinajstić information content (AvgIpc) is 3.22. The number of ether oxygens (including phenoxy) is 2. The van der Waals surface area contributed by atoms with Crippen molar-refractivity contribution in [3.05, 3.63) is 24.3 Å². The highest BCUT2D eigenvalue weighted by molar-refractivity contribution is 5.57. The van der Waals surface area contributed by atoms with E-state index in [0.29, 0.717) is 11.9 Å². The summed E-state index contributed by atoms with van der Waals surface area (Å²) in [7, 11) is 0. The highest BCUT2D eigenvalue weighted by Gasteiger charge is 2.23. The van der Waals surface area contributed by atoms with Gasteiger partial charge >= 0.3 is 6.01 Å². The zero-order valence-corrected chi connectivity index (χ0v) is 12.1. The molecule has 110 valence electrons. The minimum Gasteiger partial charge on any atom is -0.490 e. The lowest BCUT2D eigenvalue weighted by Gasteiger charge is -2.09. The molecule has 2 aromatic rings. The summed E-state index contributed by atoms with van der Waals surface area (Å²) in [4.78, 5) is 12.4. The standard InChI is InChI=1S/C15H18N4O2/c1-9(2)20-15-18-13(17-14(16)19-15)10-3-5-11(6-4-10)21-12-7-8-12/h3-6,9,12H,7-8H2,1-2H3,(H2,16,17,18,19). The molecule has 0 radical (unpaired) electrons. The molecule has 6 heteroatoms. The third kappa shape index (κ3) is 3.59. The van der Waals surface area contributed by atoms with E-state index >= 15 is 0 Å². The summed E-state index contributed by atoms with van der Waals surface area (Å²) in [5, 5.41) is 0. The molecule has 0 amide bonds. The lowest BCUT2D eigenvalue weighted by Crippen LogP contribution is -2.11. The molecular weight excluding hydrogens is 268 g/mol. The van der Waals surface area contributed by atoms with Crippen LogP contribution in [0.4, 0.5) is 5.95 Å². The summed E-state index contributed by atoms with van der Waals surface area (Å²) in [6.07, 6.45) is 2.65. The van der Waals surface area contributed by atoms with Gasteiger partial charge in [-0.25, -0.2) is 0 Å². The molecule has 1 aliphatic rings. The van der Waals surface area contributed by atoms with Crippen LogP contribution in [0.25, 0.3) is 11.4 Å². The van der Waals surface area contributed by atoms with Crippen molar-refractivity contribution in [3.8, 4) is 23.1 Å². The van der Waals surface area contributed by atoms with Gasteiger partial charge in [-0.3, -0.25) is 0 Å². The zero-order chi connectivity index (χ0) is 14.8. The van der Waals surface area contributed by atoms with Gasteiger partial charge in [0.2, 0.25) is 5.95 Å². The molecule has 1 aliphatic carbocycles. The highest BCUT2D eigenvalue weighted by Crippen LogP contribution is 2.28. The lowest BCUT2D eigenvalue weighted by atomic mass is 10.2. The smallest absolute Gasteiger partial charge is 0.322 e. The van der Waals surface area contributed by atoms with E-state index in [1.807, 2.05) is 38.1 Å². The van der Waals surface area contributed by atoms with E-state index in [2.05, 4.69) is 15.0 Å². The molecule has 1 heterocycles. The molecule has 0 atom stereocenters. The minimum absolute atomic E-state index is 0.0195. The van der Waals surface area contributed by atoms with E-state index in [1.165, 1.54) is 0 Å². The molecule has 0 unspecified atom stereocenters. The van der Waals surface area contributed by atoms with E-state index in [-0.39, 0.29) is 18.1 Å². The van der Waals surface area contributed by atoms with Crippen LogP contribution >= 0.6 is 0 Å². The molecule has 21 heavy (non-hydrogen) atoms. The Labute approximate surface area is 123 Å². The van der Waals surface area contributed by atoms with Gasteiger partial charge in [-0.1, -0.05) is 0 Å². The van der Waals surface area contributed by atoms with E-state index in [1.54, 1.807) is 0 Å². The number of hydrogen-bond donors (Lipinski definition) is 1. The topological polar surface area (TPSA) is 83.2 Å². The Kier molecular flexibility index (Phi) is 3.60. The molecule has 3 rings (SSSR count). The van der Waals surface area contributed by atoms with Crippen molar-refractivity contribution in [1.29, 1.82) is 0 Å². The number of anilines is 1. The maximum atomic E-state index is 5.71. The summed E-state index contributed by atoms with van der Waals surface area (Å²) < 4.78 is 11.2. The summed E-state index contributed by atoms with van der Waals surface area (Å²) in [5.74, 6) is 1.51. The fourth-order valence-electron chi connectivity index (χ4n) is 1.83. The van der Waals surface area contributed by atoms with Crippen LogP contribution in [0.2, 0.25) is 0 Å². The molecule has 1 aromatic carbocycles. The maximum Gasteiger partial charge on any atom is 0.322 e. The van der Waals surface area contributed by atoms with Crippen molar-refractivity contribution >= 4 is 5.95 Å². The number of aromatic nitrogens is 3. The molecular formula is C15H18N4O2. The van der Waals surface area contributed by atoms with Crippen molar-refractivity contribution in [3.63, 3.8) is 0 Å². The molecule has 0 bridgehead atoms. The second-order valence-corrected chi connectivity index (χ2v) is 5.31. The van der Waals surface area contributed by atoms with Gasteiger partial charge in [0, 0.05) is 5.56 Å². The normalized spacial score (nSPS) is 14.2. The summed E-state index contributed by atoms with van der Waals surface area (Å²) in [6, 6.07) is 7.88. The fraction of sp³-hybridized carbons (Fsp3) is 0.400. The molecule has 1 saturated carbocycles. The quantitative estimate of drug-likeness (QED) is 0.909. The van der Waals surface area contributed by atoms with Crippen molar-refractivity contribution in [2.45, 2.75) is 38.9 Å². The second kappa shape index (κ2) is 5.55. The first-order valence-electron chi connectivity index (χ1n) is 7.05. The Morgan fingerprint density at radius 2 is 1.81 bits per heavy atom. The Morgan fingerprint density at radius 1 is 1.10 bits per heavy atom. The largest absolute Gasteiger partial charge is 0.490 e. The monoisotopic (exact) mass is 286 g/mol. The lowest BCUT2D eigenvalue weighted by molar-refractivity contribution is 0.222. The van der Waals surface area contributed by atoms with Gasteiger partial charge in [0.25, 0.3) is 0 Å². The first-order valence-corrected chi connectivity index (χ1v) is 7.05. The zero-order valence-electron chi connectivity index (χ0n) is 12.1. The predicted octanol–water partition coefficient (Wildman–Crippen LogP) is 2.45. The van der Waals surface area contributed by atoms with Gasteiger partial charge < -0.3 is 15.2 Å². The SMILES string of the molecule is CC(C)Oc1nc(N)nc(-c2ccc(OC3CC3)cc2)n1. The fourth-order valence-corrected chi connectivity index (χ4v) is 1.83. The van der Waals surface area contributed by atoms with Gasteiger partial charge in [0.1, 0.15) is 5.75 Å². The first kappa shape index (κ1) is 13.6. The number of rotatable bonds is 5. The van der Waals surface area contributed by atoms with Crippen molar-refractivity contribution < 1.29 is 9.47 Å². The molecule has 0 aliphatic heterocycles. The minimum atomic E-state index is -0.0195. The van der Waals surface area contributed by atoms with Crippen LogP contribution in [0.1, 0.15) is 26.7 Å². The van der Waals surface area contributed by atoms with Crippen LogP contribution in [0.3, 0.4) is 0 Å². The van der Waals surface area contributed by atoms with Crippen LogP contribution in [0.15, 0.2) is 24.3 Å². The van der Waals surface area contributed by atoms with Crippen molar-refractivity contribution in [2.24, 2.45) is 0 Å². The van der Waals surface area contributed by atoms with Crippen LogP contribution in [-0.2, 0) is 0 Å². The molecule has 6 nitrogen and oxygen atoms in total. The molecule has 0 saturated heterocycles. The Morgan fingerprint density at radius 3 is 2.43 bits per heavy atom. The van der Waals surface area contributed by atoms with E-state index in [9.17, 15) is 0 Å². The van der Waals surface area contributed by atoms with Crippen molar-refractivity contribution in [2.75, 3.05) is 5.73 Å².